The van der Waals surface area contributed by atoms with E-state index in [1.54, 1.807) is 12.8 Å². The van der Waals surface area contributed by atoms with Gasteiger partial charge >= 0.3 is 0 Å². The molecular weight excluding hydrogens is 208 g/mol. The van der Waals surface area contributed by atoms with Gasteiger partial charge in [-0.25, -0.2) is 0 Å². The van der Waals surface area contributed by atoms with Gasteiger partial charge in [-0.2, -0.15) is 0 Å². The van der Waals surface area contributed by atoms with E-state index >= 15 is 0 Å². The molecular formula is C15H26N2. The second-order valence-electron chi connectivity index (χ2n) is 7.07. The first-order valence-electron chi connectivity index (χ1n) is 7.86. The molecule has 17 heavy (non-hydrogen) atoms. The zero-order valence-electron chi connectivity index (χ0n) is 10.9. The van der Waals surface area contributed by atoms with Crippen molar-refractivity contribution >= 4 is 0 Å². The lowest BCUT2D eigenvalue weighted by molar-refractivity contribution is 0.169. The lowest BCUT2D eigenvalue weighted by Crippen LogP contribution is -2.38. The molecule has 0 aromatic carbocycles. The summed E-state index contributed by atoms with van der Waals surface area (Å²) >= 11 is 0. The molecule has 4 fully saturated rings. The number of rotatable bonds is 4. The molecule has 1 heterocycles. The summed E-state index contributed by atoms with van der Waals surface area (Å²) < 4.78 is 0. The van der Waals surface area contributed by atoms with Crippen molar-refractivity contribution < 1.29 is 0 Å². The first kappa shape index (κ1) is 10.8. The van der Waals surface area contributed by atoms with Crippen LogP contribution in [0.15, 0.2) is 0 Å². The van der Waals surface area contributed by atoms with Crippen LogP contribution in [0.2, 0.25) is 0 Å². The van der Waals surface area contributed by atoms with Gasteiger partial charge in [0.25, 0.3) is 0 Å². The van der Waals surface area contributed by atoms with Gasteiger partial charge in [-0.3, -0.25) is 4.90 Å². The number of hydrogen-bond acceptors (Lipinski definition) is 2. The Morgan fingerprint density at radius 2 is 1.94 bits per heavy atom. The number of hydrogen-bond donors (Lipinski definition) is 1. The average Bonchev–Trinajstić information content (AvgIpc) is 2.82. The summed E-state index contributed by atoms with van der Waals surface area (Å²) in [6.07, 6.45) is 10.5. The topological polar surface area (TPSA) is 15.3 Å². The molecule has 96 valence electrons. The minimum absolute atomic E-state index is 0.895. The van der Waals surface area contributed by atoms with Crippen LogP contribution in [-0.4, -0.2) is 36.6 Å². The van der Waals surface area contributed by atoms with E-state index < -0.39 is 0 Å². The Kier molecular flexibility index (Phi) is 2.69. The minimum Gasteiger partial charge on any atom is -0.314 e. The Labute approximate surface area is 105 Å². The molecule has 4 atom stereocenters. The molecule has 4 rings (SSSR count). The van der Waals surface area contributed by atoms with Crippen LogP contribution in [0, 0.1) is 17.8 Å². The fourth-order valence-electron chi connectivity index (χ4n) is 4.61. The van der Waals surface area contributed by atoms with Crippen molar-refractivity contribution in [1.82, 2.24) is 10.2 Å². The molecule has 4 unspecified atom stereocenters. The summed E-state index contributed by atoms with van der Waals surface area (Å²) in [7, 11) is 0. The highest BCUT2D eigenvalue weighted by Crippen LogP contribution is 2.47. The van der Waals surface area contributed by atoms with E-state index in [0.29, 0.717) is 0 Å². The largest absolute Gasteiger partial charge is 0.314 e. The number of nitrogens with zero attached hydrogens (tertiary/aromatic N) is 1. The number of fused-ring (bicyclic) bond motifs is 2. The summed E-state index contributed by atoms with van der Waals surface area (Å²) in [6.45, 7) is 4.08. The van der Waals surface area contributed by atoms with Gasteiger partial charge in [0.05, 0.1) is 0 Å². The van der Waals surface area contributed by atoms with Gasteiger partial charge < -0.3 is 5.32 Å². The maximum atomic E-state index is 3.72. The number of likely N-dealkylation sites (tertiary alicyclic amines) is 1. The van der Waals surface area contributed by atoms with Crippen molar-refractivity contribution in [1.29, 1.82) is 0 Å². The predicted octanol–water partition coefficient (Wildman–Crippen LogP) is 2.25. The molecule has 3 saturated carbocycles. The standard InChI is InChI=1S/C15H26N2/c1-2-13-7-11(1)8-15(13)17-6-5-12(10-17)9-16-14-3-4-14/h11-16H,1-10H2. The Morgan fingerprint density at radius 3 is 2.65 bits per heavy atom. The molecule has 1 aliphatic heterocycles. The summed E-state index contributed by atoms with van der Waals surface area (Å²) in [5, 5.41) is 3.72. The van der Waals surface area contributed by atoms with Crippen LogP contribution in [0.25, 0.3) is 0 Å². The van der Waals surface area contributed by atoms with Crippen molar-refractivity contribution in [3.8, 4) is 0 Å². The van der Waals surface area contributed by atoms with Crippen LogP contribution in [-0.2, 0) is 0 Å². The van der Waals surface area contributed by atoms with Crippen LogP contribution in [0.4, 0.5) is 0 Å². The van der Waals surface area contributed by atoms with Crippen molar-refractivity contribution in [2.75, 3.05) is 19.6 Å². The normalized spacial score (nSPS) is 45.9. The SMILES string of the molecule is C1CC2CC1CC2N1CCC(CNC2CC2)C1. The van der Waals surface area contributed by atoms with E-state index in [4.69, 9.17) is 0 Å². The summed E-state index contributed by atoms with van der Waals surface area (Å²) in [5.74, 6) is 3.14. The van der Waals surface area contributed by atoms with E-state index in [1.807, 2.05) is 0 Å². The molecule has 1 N–H and O–H groups in total. The van der Waals surface area contributed by atoms with Crippen LogP contribution in [0.3, 0.4) is 0 Å². The second kappa shape index (κ2) is 4.24. The van der Waals surface area contributed by atoms with E-state index in [2.05, 4.69) is 10.2 Å². The molecule has 2 nitrogen and oxygen atoms in total. The highest BCUT2D eigenvalue weighted by molar-refractivity contribution is 4.97. The maximum Gasteiger partial charge on any atom is 0.0126 e. The Bertz CT molecular complexity index is 287. The van der Waals surface area contributed by atoms with Crippen molar-refractivity contribution in [3.05, 3.63) is 0 Å². The van der Waals surface area contributed by atoms with E-state index in [9.17, 15) is 0 Å². The maximum absolute atomic E-state index is 3.72. The van der Waals surface area contributed by atoms with E-state index in [0.717, 1.165) is 29.8 Å². The van der Waals surface area contributed by atoms with Gasteiger partial charge in [0, 0.05) is 18.6 Å². The predicted molar refractivity (Wildman–Crippen MR) is 69.9 cm³/mol. The summed E-state index contributed by atoms with van der Waals surface area (Å²) in [4.78, 5) is 2.85. The first-order valence-corrected chi connectivity index (χ1v) is 7.86. The summed E-state index contributed by atoms with van der Waals surface area (Å²) in [5.41, 5.74) is 0. The van der Waals surface area contributed by atoms with Gasteiger partial charge in [0.1, 0.15) is 0 Å². The summed E-state index contributed by atoms with van der Waals surface area (Å²) in [6, 6.07) is 1.88. The number of nitrogens with one attached hydrogen (secondary N) is 1. The highest BCUT2D eigenvalue weighted by atomic mass is 15.2. The lowest BCUT2D eigenvalue weighted by Gasteiger charge is -2.31. The third kappa shape index (κ3) is 2.15. The van der Waals surface area contributed by atoms with Crippen LogP contribution in [0.1, 0.15) is 44.9 Å². The van der Waals surface area contributed by atoms with Crippen LogP contribution >= 0.6 is 0 Å². The molecule has 0 amide bonds. The van der Waals surface area contributed by atoms with E-state index in [-0.39, 0.29) is 0 Å². The lowest BCUT2D eigenvalue weighted by atomic mass is 9.94. The Balaban J connectivity index is 1.28. The molecule has 0 aromatic heterocycles. The zero-order chi connectivity index (χ0) is 11.2. The fraction of sp³-hybridized carbons (Fsp3) is 1.00. The minimum atomic E-state index is 0.895. The third-order valence-corrected chi connectivity index (χ3v) is 5.76. The molecule has 2 bridgehead atoms. The highest BCUT2D eigenvalue weighted by Gasteiger charge is 2.43. The van der Waals surface area contributed by atoms with Crippen molar-refractivity contribution in [3.63, 3.8) is 0 Å². The van der Waals surface area contributed by atoms with Gasteiger partial charge in [-0.05, 0) is 69.4 Å². The zero-order valence-corrected chi connectivity index (χ0v) is 10.9. The monoisotopic (exact) mass is 234 g/mol. The van der Waals surface area contributed by atoms with E-state index in [1.165, 1.54) is 51.7 Å². The van der Waals surface area contributed by atoms with Gasteiger partial charge in [-0.15, -0.1) is 0 Å². The van der Waals surface area contributed by atoms with Crippen LogP contribution < -0.4 is 5.32 Å². The van der Waals surface area contributed by atoms with Crippen LogP contribution in [0.5, 0.6) is 0 Å². The molecule has 3 aliphatic carbocycles. The molecule has 0 aromatic rings. The smallest absolute Gasteiger partial charge is 0.0126 e. The average molecular weight is 234 g/mol. The molecule has 0 radical (unpaired) electrons. The Hall–Kier alpha value is -0.0800. The van der Waals surface area contributed by atoms with Gasteiger partial charge in [0.15, 0.2) is 0 Å². The second-order valence-corrected chi connectivity index (χ2v) is 7.07. The quantitative estimate of drug-likeness (QED) is 0.802. The van der Waals surface area contributed by atoms with Gasteiger partial charge in [0.2, 0.25) is 0 Å². The third-order valence-electron chi connectivity index (χ3n) is 5.76. The fourth-order valence-corrected chi connectivity index (χ4v) is 4.61. The van der Waals surface area contributed by atoms with Gasteiger partial charge in [-0.1, -0.05) is 6.42 Å². The van der Waals surface area contributed by atoms with Crippen molar-refractivity contribution in [2.45, 2.75) is 57.0 Å². The first-order chi connectivity index (χ1) is 8.38. The van der Waals surface area contributed by atoms with Crippen molar-refractivity contribution in [2.24, 2.45) is 17.8 Å². The Morgan fingerprint density at radius 1 is 1.00 bits per heavy atom. The molecule has 2 heteroatoms. The molecule has 0 spiro atoms. The molecule has 1 saturated heterocycles. The molecule has 4 aliphatic rings.